The van der Waals surface area contributed by atoms with Gasteiger partial charge in [-0.15, -0.1) is 0 Å². The fourth-order valence-electron chi connectivity index (χ4n) is 2.44. The smallest absolute Gasteiger partial charge is 0.119 e. The monoisotopic (exact) mass is 284 g/mol. The molecule has 0 bridgehead atoms. The number of aromatic nitrogens is 1. The lowest BCUT2D eigenvalue weighted by Crippen LogP contribution is -2.15. The predicted octanol–water partition coefficient (Wildman–Crippen LogP) is 3.76. The maximum absolute atomic E-state index is 5.86. The van der Waals surface area contributed by atoms with Crippen LogP contribution in [0.5, 0.6) is 5.75 Å². The molecule has 3 heteroatoms. The molecular formula is C18H24N2O. The average Bonchev–Trinajstić information content (AvgIpc) is 2.54. The lowest BCUT2D eigenvalue weighted by Gasteiger charge is -2.15. The van der Waals surface area contributed by atoms with Crippen molar-refractivity contribution in [2.45, 2.75) is 32.2 Å². The van der Waals surface area contributed by atoms with E-state index in [1.807, 2.05) is 25.5 Å². The highest BCUT2D eigenvalue weighted by molar-refractivity contribution is 5.30. The number of benzene rings is 1. The predicted molar refractivity (Wildman–Crippen MR) is 86.6 cm³/mol. The number of rotatable bonds is 8. The fourth-order valence-corrected chi connectivity index (χ4v) is 2.44. The van der Waals surface area contributed by atoms with Crippen molar-refractivity contribution >= 4 is 0 Å². The second-order valence-electron chi connectivity index (χ2n) is 5.13. The second-order valence-corrected chi connectivity index (χ2v) is 5.13. The van der Waals surface area contributed by atoms with Crippen molar-refractivity contribution in [3.05, 3.63) is 59.9 Å². The van der Waals surface area contributed by atoms with Crippen LogP contribution >= 0.6 is 0 Å². The molecule has 1 N–H and O–H groups in total. The summed E-state index contributed by atoms with van der Waals surface area (Å²) in [5, 5.41) is 3.32. The molecule has 0 amide bonds. The maximum Gasteiger partial charge on any atom is 0.119 e. The molecule has 3 nitrogen and oxygen atoms in total. The first kappa shape index (κ1) is 15.5. The van der Waals surface area contributed by atoms with Gasteiger partial charge in [-0.1, -0.05) is 19.1 Å². The number of ether oxygens (including phenoxy) is 1. The molecule has 21 heavy (non-hydrogen) atoms. The molecule has 0 saturated heterocycles. The third kappa shape index (κ3) is 4.87. The van der Waals surface area contributed by atoms with Gasteiger partial charge in [0.1, 0.15) is 5.75 Å². The van der Waals surface area contributed by atoms with E-state index in [1.165, 1.54) is 11.1 Å². The molecular weight excluding hydrogens is 260 g/mol. The third-order valence-corrected chi connectivity index (χ3v) is 3.65. The van der Waals surface area contributed by atoms with Crippen molar-refractivity contribution in [2.75, 3.05) is 13.7 Å². The Balaban J connectivity index is 1.82. The average molecular weight is 284 g/mol. The van der Waals surface area contributed by atoms with Crippen LogP contribution in [0.25, 0.3) is 0 Å². The normalized spacial score (nSPS) is 12.1. The number of hydrogen-bond acceptors (Lipinski definition) is 3. The van der Waals surface area contributed by atoms with Crippen LogP contribution in [0, 0.1) is 0 Å². The Kier molecular flexibility index (Phi) is 6.22. The van der Waals surface area contributed by atoms with E-state index < -0.39 is 0 Å². The van der Waals surface area contributed by atoms with Crippen LogP contribution in [0.4, 0.5) is 0 Å². The highest BCUT2D eigenvalue weighted by Crippen LogP contribution is 2.21. The Morgan fingerprint density at radius 1 is 1.19 bits per heavy atom. The molecule has 1 aromatic heterocycles. The Bertz CT molecular complexity index is 524. The summed E-state index contributed by atoms with van der Waals surface area (Å²) in [6.07, 6.45) is 6.78. The molecule has 0 aliphatic rings. The minimum atomic E-state index is 0.394. The first-order valence-electron chi connectivity index (χ1n) is 7.62. The fraction of sp³-hybridized carbons (Fsp3) is 0.389. The quantitative estimate of drug-likeness (QED) is 0.749. The van der Waals surface area contributed by atoms with Gasteiger partial charge >= 0.3 is 0 Å². The van der Waals surface area contributed by atoms with Crippen molar-refractivity contribution < 1.29 is 4.74 Å². The third-order valence-electron chi connectivity index (χ3n) is 3.65. The lowest BCUT2D eigenvalue weighted by atomic mass is 10.0. The van der Waals surface area contributed by atoms with Gasteiger partial charge in [0.15, 0.2) is 0 Å². The van der Waals surface area contributed by atoms with Crippen LogP contribution in [-0.2, 0) is 6.42 Å². The summed E-state index contributed by atoms with van der Waals surface area (Å²) in [4.78, 5) is 4.03. The summed E-state index contributed by atoms with van der Waals surface area (Å²) in [6.45, 7) is 2.92. The standard InChI is InChI=1S/C18H24N2O/c1-3-18(19-2)16-7-4-8-17(14-16)21-13-5-6-15-9-11-20-12-10-15/h4,7-12,14,18-19H,3,5-6,13H2,1-2H3. The van der Waals surface area contributed by atoms with Gasteiger partial charge in [-0.05, 0) is 61.7 Å². The number of aryl methyl sites for hydroxylation is 1. The van der Waals surface area contributed by atoms with E-state index in [2.05, 4.69) is 47.6 Å². The van der Waals surface area contributed by atoms with Crippen LogP contribution in [0.3, 0.4) is 0 Å². The molecule has 1 heterocycles. The molecule has 1 unspecified atom stereocenters. The van der Waals surface area contributed by atoms with Crippen LogP contribution in [0.15, 0.2) is 48.8 Å². The zero-order chi connectivity index (χ0) is 14.9. The molecule has 0 aliphatic heterocycles. The Morgan fingerprint density at radius 3 is 2.71 bits per heavy atom. The molecule has 0 fully saturated rings. The Morgan fingerprint density at radius 2 is 2.00 bits per heavy atom. The lowest BCUT2D eigenvalue weighted by molar-refractivity contribution is 0.310. The van der Waals surface area contributed by atoms with E-state index in [-0.39, 0.29) is 0 Å². The van der Waals surface area contributed by atoms with Crippen molar-refractivity contribution in [1.82, 2.24) is 10.3 Å². The van der Waals surface area contributed by atoms with E-state index in [0.717, 1.165) is 31.6 Å². The molecule has 0 spiro atoms. The number of nitrogens with zero attached hydrogens (tertiary/aromatic N) is 1. The summed E-state index contributed by atoms with van der Waals surface area (Å²) in [6, 6.07) is 12.9. The van der Waals surface area contributed by atoms with Crippen LogP contribution in [0.1, 0.15) is 36.9 Å². The minimum Gasteiger partial charge on any atom is -0.494 e. The van der Waals surface area contributed by atoms with Gasteiger partial charge in [0.25, 0.3) is 0 Å². The molecule has 1 atom stereocenters. The largest absolute Gasteiger partial charge is 0.494 e. The Labute approximate surface area is 127 Å². The maximum atomic E-state index is 5.86. The number of nitrogens with one attached hydrogen (secondary N) is 1. The SMILES string of the molecule is CCC(NC)c1cccc(OCCCc2ccncc2)c1. The van der Waals surface area contributed by atoms with Gasteiger partial charge < -0.3 is 10.1 Å². The molecule has 0 aliphatic carbocycles. The van der Waals surface area contributed by atoms with Crippen LogP contribution in [0.2, 0.25) is 0 Å². The van der Waals surface area contributed by atoms with Crippen molar-refractivity contribution in [1.29, 1.82) is 0 Å². The summed E-state index contributed by atoms with van der Waals surface area (Å²) >= 11 is 0. The van der Waals surface area contributed by atoms with Gasteiger partial charge in [0, 0.05) is 18.4 Å². The highest BCUT2D eigenvalue weighted by atomic mass is 16.5. The van der Waals surface area contributed by atoms with Gasteiger partial charge in [-0.2, -0.15) is 0 Å². The minimum absolute atomic E-state index is 0.394. The first-order valence-corrected chi connectivity index (χ1v) is 7.62. The van der Waals surface area contributed by atoms with E-state index in [1.54, 1.807) is 0 Å². The first-order chi connectivity index (χ1) is 10.3. The molecule has 0 saturated carbocycles. The van der Waals surface area contributed by atoms with E-state index in [0.29, 0.717) is 6.04 Å². The summed E-state index contributed by atoms with van der Waals surface area (Å²) in [5.74, 6) is 0.955. The molecule has 2 aromatic rings. The molecule has 112 valence electrons. The van der Waals surface area contributed by atoms with Crippen LogP contribution in [-0.4, -0.2) is 18.6 Å². The topological polar surface area (TPSA) is 34.1 Å². The second kappa shape index (κ2) is 8.42. The van der Waals surface area contributed by atoms with Gasteiger partial charge in [-0.25, -0.2) is 0 Å². The zero-order valence-corrected chi connectivity index (χ0v) is 12.9. The summed E-state index contributed by atoms with van der Waals surface area (Å²) < 4.78 is 5.86. The van der Waals surface area contributed by atoms with E-state index in [4.69, 9.17) is 4.74 Å². The molecule has 2 rings (SSSR count). The van der Waals surface area contributed by atoms with Gasteiger partial charge in [-0.3, -0.25) is 4.98 Å². The molecule has 1 aromatic carbocycles. The van der Waals surface area contributed by atoms with E-state index in [9.17, 15) is 0 Å². The number of hydrogen-bond donors (Lipinski definition) is 1. The van der Waals surface area contributed by atoms with Gasteiger partial charge in [0.05, 0.1) is 6.61 Å². The highest BCUT2D eigenvalue weighted by Gasteiger charge is 2.07. The summed E-state index contributed by atoms with van der Waals surface area (Å²) in [7, 11) is 2.00. The van der Waals surface area contributed by atoms with Crippen molar-refractivity contribution in [3.8, 4) is 5.75 Å². The molecule has 0 radical (unpaired) electrons. The van der Waals surface area contributed by atoms with Crippen molar-refractivity contribution in [3.63, 3.8) is 0 Å². The van der Waals surface area contributed by atoms with Crippen molar-refractivity contribution in [2.24, 2.45) is 0 Å². The van der Waals surface area contributed by atoms with Gasteiger partial charge in [0.2, 0.25) is 0 Å². The number of pyridine rings is 1. The summed E-state index contributed by atoms with van der Waals surface area (Å²) in [5.41, 5.74) is 2.59. The zero-order valence-electron chi connectivity index (χ0n) is 12.9. The van der Waals surface area contributed by atoms with Crippen LogP contribution < -0.4 is 10.1 Å². The Hall–Kier alpha value is -1.87. The van der Waals surface area contributed by atoms with E-state index >= 15 is 0 Å².